The van der Waals surface area contributed by atoms with Crippen molar-refractivity contribution >= 4 is 16.9 Å². The minimum Gasteiger partial charge on any atom is -0.487 e. The van der Waals surface area contributed by atoms with Crippen molar-refractivity contribution < 1.29 is 19.0 Å². The van der Waals surface area contributed by atoms with E-state index in [0.29, 0.717) is 16.7 Å². The van der Waals surface area contributed by atoms with Gasteiger partial charge in [0.1, 0.15) is 24.7 Å². The number of hydrogen-bond donors (Lipinski definition) is 1. The maximum absolute atomic E-state index is 12.9. The summed E-state index contributed by atoms with van der Waals surface area (Å²) in [6.45, 7) is -0.275. The normalized spacial score (nSPS) is 10.7. The number of pyridine rings is 1. The van der Waals surface area contributed by atoms with Crippen molar-refractivity contribution in [3.8, 4) is 5.75 Å². The number of benzene rings is 2. The first-order chi connectivity index (χ1) is 11.5. The molecule has 1 N–H and O–H groups in total. The Morgan fingerprint density at radius 2 is 1.83 bits per heavy atom. The van der Waals surface area contributed by atoms with E-state index in [1.165, 1.54) is 18.2 Å². The van der Waals surface area contributed by atoms with Crippen LogP contribution in [0.25, 0.3) is 10.9 Å². The van der Waals surface area contributed by atoms with Gasteiger partial charge in [-0.05, 0) is 29.8 Å². The van der Waals surface area contributed by atoms with Gasteiger partial charge in [-0.25, -0.2) is 4.39 Å². The Bertz CT molecular complexity index is 947. The fraction of sp³-hybridized carbons (Fsp3) is 0.111. The fourth-order valence-electron chi connectivity index (χ4n) is 2.47. The van der Waals surface area contributed by atoms with E-state index in [-0.39, 0.29) is 12.4 Å². The number of hydrogen-bond acceptors (Lipinski definition) is 3. The zero-order chi connectivity index (χ0) is 17.1. The lowest BCUT2D eigenvalue weighted by Crippen LogP contribution is -2.23. The van der Waals surface area contributed by atoms with Gasteiger partial charge in [0.2, 0.25) is 0 Å². The highest BCUT2D eigenvalue weighted by atomic mass is 19.1. The number of carboxylic acid groups (broad SMARTS) is 1. The summed E-state index contributed by atoms with van der Waals surface area (Å²) in [5.74, 6) is -1.05. The van der Waals surface area contributed by atoms with Crippen LogP contribution in [-0.2, 0) is 17.9 Å². The van der Waals surface area contributed by atoms with Gasteiger partial charge in [0.15, 0.2) is 0 Å². The molecular formula is C18H14FNO4. The summed E-state index contributed by atoms with van der Waals surface area (Å²) in [6.07, 6.45) is 0. The van der Waals surface area contributed by atoms with Gasteiger partial charge in [0, 0.05) is 11.5 Å². The topological polar surface area (TPSA) is 68.5 Å². The summed E-state index contributed by atoms with van der Waals surface area (Å²) in [7, 11) is 0. The molecule has 0 aliphatic rings. The molecule has 0 bridgehead atoms. The quantitative estimate of drug-likeness (QED) is 0.782. The number of carboxylic acids is 1. The molecule has 0 saturated carbocycles. The molecular weight excluding hydrogens is 313 g/mol. The van der Waals surface area contributed by atoms with E-state index >= 15 is 0 Å². The molecule has 5 nitrogen and oxygen atoms in total. The number of rotatable bonds is 5. The van der Waals surface area contributed by atoms with Gasteiger partial charge in [-0.3, -0.25) is 14.2 Å². The monoisotopic (exact) mass is 327 g/mol. The largest absolute Gasteiger partial charge is 0.487 e. The van der Waals surface area contributed by atoms with Crippen molar-refractivity contribution in [3.63, 3.8) is 0 Å². The zero-order valence-corrected chi connectivity index (χ0v) is 12.6. The Kier molecular flexibility index (Phi) is 4.29. The second-order valence-electron chi connectivity index (χ2n) is 5.26. The highest BCUT2D eigenvalue weighted by Gasteiger charge is 2.11. The van der Waals surface area contributed by atoms with E-state index in [1.807, 2.05) is 0 Å². The Labute approximate surface area is 136 Å². The fourth-order valence-corrected chi connectivity index (χ4v) is 2.47. The van der Waals surface area contributed by atoms with E-state index in [1.54, 1.807) is 36.4 Å². The van der Waals surface area contributed by atoms with Crippen LogP contribution in [0, 0.1) is 5.82 Å². The Hall–Kier alpha value is -3.15. The molecule has 6 heteroatoms. The minimum absolute atomic E-state index is 0.176. The smallest absolute Gasteiger partial charge is 0.323 e. The summed E-state index contributed by atoms with van der Waals surface area (Å²) >= 11 is 0. The summed E-state index contributed by atoms with van der Waals surface area (Å²) < 4.78 is 19.9. The van der Waals surface area contributed by atoms with Crippen LogP contribution in [0.15, 0.2) is 59.4 Å². The Balaban J connectivity index is 2.00. The maximum atomic E-state index is 12.9. The molecule has 122 valence electrons. The number of halogens is 1. The van der Waals surface area contributed by atoms with E-state index in [2.05, 4.69) is 0 Å². The average molecular weight is 327 g/mol. The summed E-state index contributed by atoms with van der Waals surface area (Å²) in [5.41, 5.74) is 0.772. The van der Waals surface area contributed by atoms with Crippen molar-refractivity contribution in [2.75, 3.05) is 0 Å². The van der Waals surface area contributed by atoms with E-state index in [4.69, 9.17) is 9.84 Å². The number of fused-ring (bicyclic) bond motifs is 1. The summed E-state index contributed by atoms with van der Waals surface area (Å²) in [6, 6.07) is 14.0. The molecule has 1 heterocycles. The van der Waals surface area contributed by atoms with Crippen LogP contribution in [0.4, 0.5) is 4.39 Å². The van der Waals surface area contributed by atoms with Gasteiger partial charge in [0.05, 0.1) is 5.52 Å². The standard InChI is InChI=1S/C18H14FNO4/c19-14-7-4-12(5-8-14)11-24-15-3-1-2-13-6-9-16(21)20(18(13)15)10-17(22)23/h1-9H,10-11H2,(H,22,23). The van der Waals surface area contributed by atoms with Crippen molar-refractivity contribution in [1.82, 2.24) is 4.57 Å². The lowest BCUT2D eigenvalue weighted by molar-refractivity contribution is -0.137. The SMILES string of the molecule is O=C(O)Cn1c(=O)ccc2cccc(OCc3ccc(F)cc3)c21. The molecule has 0 spiro atoms. The Morgan fingerprint density at radius 1 is 1.08 bits per heavy atom. The average Bonchev–Trinajstić information content (AvgIpc) is 2.56. The lowest BCUT2D eigenvalue weighted by Gasteiger charge is -2.13. The van der Waals surface area contributed by atoms with Crippen molar-refractivity contribution in [2.45, 2.75) is 13.2 Å². The van der Waals surface area contributed by atoms with E-state index in [0.717, 1.165) is 10.1 Å². The van der Waals surface area contributed by atoms with Gasteiger partial charge in [-0.15, -0.1) is 0 Å². The summed E-state index contributed by atoms with van der Waals surface area (Å²) in [4.78, 5) is 23.1. The van der Waals surface area contributed by atoms with Gasteiger partial charge in [-0.1, -0.05) is 24.3 Å². The number of aliphatic carboxylic acids is 1. The minimum atomic E-state index is -1.11. The van der Waals surface area contributed by atoms with Crippen LogP contribution in [-0.4, -0.2) is 15.6 Å². The number of para-hydroxylation sites is 1. The first-order valence-electron chi connectivity index (χ1n) is 7.26. The first kappa shape index (κ1) is 15.7. The van der Waals surface area contributed by atoms with Crippen LogP contribution in [0.1, 0.15) is 5.56 Å². The van der Waals surface area contributed by atoms with Crippen molar-refractivity contribution in [1.29, 1.82) is 0 Å². The summed E-state index contributed by atoms with van der Waals surface area (Å²) in [5, 5.41) is 9.74. The third-order valence-corrected chi connectivity index (χ3v) is 3.57. The molecule has 24 heavy (non-hydrogen) atoms. The molecule has 0 atom stereocenters. The van der Waals surface area contributed by atoms with Crippen molar-refractivity contribution in [3.05, 3.63) is 76.3 Å². The van der Waals surface area contributed by atoms with Crippen LogP contribution < -0.4 is 10.3 Å². The molecule has 0 fully saturated rings. The molecule has 0 saturated heterocycles. The first-order valence-corrected chi connectivity index (χ1v) is 7.26. The molecule has 3 rings (SSSR count). The van der Waals surface area contributed by atoms with Gasteiger partial charge < -0.3 is 9.84 Å². The third kappa shape index (κ3) is 3.27. The van der Waals surface area contributed by atoms with Crippen LogP contribution in [0.5, 0.6) is 5.75 Å². The third-order valence-electron chi connectivity index (χ3n) is 3.57. The number of carbonyl (C=O) groups is 1. The number of nitrogens with zero attached hydrogens (tertiary/aromatic N) is 1. The molecule has 0 unspecified atom stereocenters. The van der Waals surface area contributed by atoms with Crippen LogP contribution in [0.2, 0.25) is 0 Å². The van der Waals surface area contributed by atoms with E-state index < -0.39 is 18.1 Å². The molecule has 0 aliphatic carbocycles. The Morgan fingerprint density at radius 3 is 2.54 bits per heavy atom. The van der Waals surface area contributed by atoms with Crippen LogP contribution >= 0.6 is 0 Å². The van der Waals surface area contributed by atoms with Gasteiger partial charge >= 0.3 is 5.97 Å². The highest BCUT2D eigenvalue weighted by molar-refractivity contribution is 5.86. The molecule has 0 radical (unpaired) electrons. The highest BCUT2D eigenvalue weighted by Crippen LogP contribution is 2.25. The van der Waals surface area contributed by atoms with Crippen LogP contribution in [0.3, 0.4) is 0 Å². The predicted octanol–water partition coefficient (Wildman–Crippen LogP) is 2.80. The lowest BCUT2D eigenvalue weighted by atomic mass is 10.2. The second-order valence-corrected chi connectivity index (χ2v) is 5.26. The predicted molar refractivity (Wildman–Crippen MR) is 86.6 cm³/mol. The molecule has 2 aromatic carbocycles. The second kappa shape index (κ2) is 6.54. The van der Waals surface area contributed by atoms with E-state index in [9.17, 15) is 14.0 Å². The molecule has 3 aromatic rings. The number of ether oxygens (including phenoxy) is 1. The molecule has 1 aromatic heterocycles. The molecule has 0 aliphatic heterocycles. The van der Waals surface area contributed by atoms with Crippen molar-refractivity contribution in [2.24, 2.45) is 0 Å². The van der Waals surface area contributed by atoms with Gasteiger partial charge in [0.25, 0.3) is 5.56 Å². The van der Waals surface area contributed by atoms with Gasteiger partial charge in [-0.2, -0.15) is 0 Å². The number of aromatic nitrogens is 1. The molecule has 0 amide bonds. The maximum Gasteiger partial charge on any atom is 0.323 e. The zero-order valence-electron chi connectivity index (χ0n) is 12.6.